The van der Waals surface area contributed by atoms with Gasteiger partial charge < -0.3 is 15.5 Å². The molecule has 1 aromatic rings. The summed E-state index contributed by atoms with van der Waals surface area (Å²) in [7, 11) is 0. The fourth-order valence-corrected chi connectivity index (χ4v) is 3.45. The van der Waals surface area contributed by atoms with Crippen molar-refractivity contribution in [3.63, 3.8) is 0 Å². The van der Waals surface area contributed by atoms with Crippen molar-refractivity contribution in [2.45, 2.75) is 23.3 Å². The molecule has 0 radical (unpaired) electrons. The van der Waals surface area contributed by atoms with Crippen molar-refractivity contribution in [1.82, 2.24) is 5.32 Å². The highest BCUT2D eigenvalue weighted by Crippen LogP contribution is 2.42. The topological polar surface area (TPSA) is 52.5 Å². The van der Waals surface area contributed by atoms with E-state index in [1.54, 1.807) is 6.08 Å². The van der Waals surface area contributed by atoms with E-state index >= 15 is 0 Å². The fraction of sp³-hybridized carbons (Fsp3) is 0.375. The summed E-state index contributed by atoms with van der Waals surface area (Å²) >= 11 is 3.20. The van der Waals surface area contributed by atoms with Crippen LogP contribution in [0.1, 0.15) is 24.3 Å². The van der Waals surface area contributed by atoms with Crippen LogP contribution < -0.4 is 5.32 Å². The van der Waals surface area contributed by atoms with Crippen LogP contribution in [-0.2, 0) is 0 Å². The lowest BCUT2D eigenvalue weighted by atomic mass is 9.82. The SMILES string of the molecule is OC1=CC2=C(CCNCC2c2ccccc2)CC1(O)Br. The van der Waals surface area contributed by atoms with Crippen LogP contribution in [0.15, 0.2) is 53.3 Å². The quantitative estimate of drug-likeness (QED) is 0.691. The van der Waals surface area contributed by atoms with Crippen molar-refractivity contribution in [2.75, 3.05) is 13.1 Å². The van der Waals surface area contributed by atoms with Crippen molar-refractivity contribution < 1.29 is 10.2 Å². The summed E-state index contributed by atoms with van der Waals surface area (Å²) in [5.41, 5.74) is 3.59. The van der Waals surface area contributed by atoms with Crippen molar-refractivity contribution >= 4 is 15.9 Å². The van der Waals surface area contributed by atoms with Gasteiger partial charge in [-0.2, -0.15) is 0 Å². The molecule has 2 atom stereocenters. The summed E-state index contributed by atoms with van der Waals surface area (Å²) < 4.78 is -1.31. The Bertz CT molecular complexity index is 563. The monoisotopic (exact) mass is 335 g/mol. The highest BCUT2D eigenvalue weighted by molar-refractivity contribution is 9.10. The Balaban J connectivity index is 2.04. The number of allylic oxidation sites excluding steroid dienone is 1. The first kappa shape index (κ1) is 13.9. The zero-order chi connectivity index (χ0) is 14.2. The first-order chi connectivity index (χ1) is 9.58. The third-order valence-electron chi connectivity index (χ3n) is 4.07. The number of hydrogen-bond donors (Lipinski definition) is 3. The Morgan fingerprint density at radius 2 is 2.00 bits per heavy atom. The summed E-state index contributed by atoms with van der Waals surface area (Å²) in [6.45, 7) is 1.76. The average molecular weight is 336 g/mol. The fourth-order valence-electron chi connectivity index (χ4n) is 2.99. The van der Waals surface area contributed by atoms with E-state index in [-0.39, 0.29) is 11.7 Å². The molecule has 1 aliphatic carbocycles. The molecule has 2 aliphatic rings. The molecule has 1 aromatic carbocycles. The molecule has 1 aliphatic heterocycles. The van der Waals surface area contributed by atoms with Gasteiger partial charge in [0.1, 0.15) is 5.76 Å². The van der Waals surface area contributed by atoms with Gasteiger partial charge in [0.2, 0.25) is 0 Å². The zero-order valence-corrected chi connectivity index (χ0v) is 12.7. The molecule has 1 heterocycles. The van der Waals surface area contributed by atoms with Crippen LogP contribution in [0.3, 0.4) is 0 Å². The van der Waals surface area contributed by atoms with Gasteiger partial charge in [-0.05, 0) is 46.1 Å². The van der Waals surface area contributed by atoms with Crippen molar-refractivity contribution in [2.24, 2.45) is 0 Å². The van der Waals surface area contributed by atoms with Crippen molar-refractivity contribution in [3.05, 3.63) is 58.9 Å². The van der Waals surface area contributed by atoms with Crippen molar-refractivity contribution in [1.29, 1.82) is 0 Å². The summed E-state index contributed by atoms with van der Waals surface area (Å²) in [4.78, 5) is 0. The lowest BCUT2D eigenvalue weighted by Crippen LogP contribution is -2.28. The second-order valence-electron chi connectivity index (χ2n) is 5.44. The minimum atomic E-state index is -1.31. The van der Waals surface area contributed by atoms with Gasteiger partial charge in [0.05, 0.1) is 0 Å². The average Bonchev–Trinajstić information content (AvgIpc) is 2.62. The van der Waals surface area contributed by atoms with Crippen LogP contribution in [0, 0.1) is 0 Å². The van der Waals surface area contributed by atoms with Gasteiger partial charge in [-0.15, -0.1) is 0 Å². The lowest BCUT2D eigenvalue weighted by molar-refractivity contribution is 0.124. The van der Waals surface area contributed by atoms with E-state index in [1.807, 2.05) is 18.2 Å². The largest absolute Gasteiger partial charge is 0.508 e. The van der Waals surface area contributed by atoms with E-state index in [9.17, 15) is 10.2 Å². The Kier molecular flexibility index (Phi) is 3.71. The molecule has 0 spiro atoms. The van der Waals surface area contributed by atoms with Crippen LogP contribution in [0.2, 0.25) is 0 Å². The van der Waals surface area contributed by atoms with E-state index in [0.29, 0.717) is 6.42 Å². The maximum absolute atomic E-state index is 10.2. The van der Waals surface area contributed by atoms with E-state index in [4.69, 9.17) is 0 Å². The van der Waals surface area contributed by atoms with Gasteiger partial charge in [-0.1, -0.05) is 35.9 Å². The van der Waals surface area contributed by atoms with E-state index in [1.165, 1.54) is 11.1 Å². The smallest absolute Gasteiger partial charge is 0.180 e. The standard InChI is InChI=1S/C16H18BrNO2/c17-16(20)9-12-6-7-18-10-14(13(12)8-15(16)19)11-4-2-1-3-5-11/h1-5,8,14,18-20H,6-7,9-10H2. The minimum Gasteiger partial charge on any atom is -0.508 e. The van der Waals surface area contributed by atoms with Crippen LogP contribution in [0.25, 0.3) is 0 Å². The number of alkyl halides is 1. The molecule has 0 saturated heterocycles. The summed E-state index contributed by atoms with van der Waals surface area (Å²) in [6.07, 6.45) is 3.07. The third kappa shape index (κ3) is 2.55. The van der Waals surface area contributed by atoms with E-state index < -0.39 is 4.51 Å². The molecule has 4 heteroatoms. The third-order valence-corrected chi connectivity index (χ3v) is 4.76. The molecule has 106 valence electrons. The number of hydrogen-bond acceptors (Lipinski definition) is 3. The predicted octanol–water partition coefficient (Wildman–Crippen LogP) is 2.99. The molecule has 2 unspecified atom stereocenters. The highest BCUT2D eigenvalue weighted by atomic mass is 79.9. The first-order valence-electron chi connectivity index (χ1n) is 6.88. The Labute approximate surface area is 127 Å². The molecular weight excluding hydrogens is 318 g/mol. The van der Waals surface area contributed by atoms with Gasteiger partial charge >= 0.3 is 0 Å². The van der Waals surface area contributed by atoms with Crippen LogP contribution in [-0.4, -0.2) is 27.8 Å². The Morgan fingerprint density at radius 1 is 1.25 bits per heavy atom. The summed E-state index contributed by atoms with van der Waals surface area (Å²) in [5.74, 6) is 0.221. The summed E-state index contributed by atoms with van der Waals surface area (Å²) in [5, 5.41) is 23.7. The predicted molar refractivity (Wildman–Crippen MR) is 82.9 cm³/mol. The minimum absolute atomic E-state index is 0.000851. The van der Waals surface area contributed by atoms with E-state index in [2.05, 4.69) is 33.4 Å². The Morgan fingerprint density at radius 3 is 2.75 bits per heavy atom. The molecule has 0 fully saturated rings. The number of nitrogens with one attached hydrogen (secondary N) is 1. The lowest BCUT2D eigenvalue weighted by Gasteiger charge is -2.30. The van der Waals surface area contributed by atoms with Crippen LogP contribution in [0.5, 0.6) is 0 Å². The molecule has 0 saturated carbocycles. The number of aliphatic hydroxyl groups is 2. The molecule has 0 aromatic heterocycles. The number of aliphatic hydroxyl groups excluding tert-OH is 1. The highest BCUT2D eigenvalue weighted by Gasteiger charge is 2.36. The molecule has 3 N–H and O–H groups in total. The van der Waals surface area contributed by atoms with Gasteiger partial charge in [0, 0.05) is 18.9 Å². The molecule has 0 bridgehead atoms. The first-order valence-corrected chi connectivity index (χ1v) is 7.67. The second-order valence-corrected chi connectivity index (χ2v) is 6.75. The molecule has 3 rings (SSSR count). The Hall–Kier alpha value is -1.10. The van der Waals surface area contributed by atoms with Gasteiger partial charge in [0.15, 0.2) is 4.51 Å². The number of benzene rings is 1. The van der Waals surface area contributed by atoms with Gasteiger partial charge in [-0.3, -0.25) is 0 Å². The molecule has 3 nitrogen and oxygen atoms in total. The molecule has 20 heavy (non-hydrogen) atoms. The maximum atomic E-state index is 10.2. The van der Waals surface area contributed by atoms with Crippen molar-refractivity contribution in [3.8, 4) is 0 Å². The van der Waals surface area contributed by atoms with Gasteiger partial charge in [-0.25, -0.2) is 0 Å². The second kappa shape index (κ2) is 5.35. The zero-order valence-electron chi connectivity index (χ0n) is 11.1. The van der Waals surface area contributed by atoms with Gasteiger partial charge in [0.25, 0.3) is 0 Å². The summed E-state index contributed by atoms with van der Waals surface area (Å²) in [6, 6.07) is 10.3. The maximum Gasteiger partial charge on any atom is 0.180 e. The number of rotatable bonds is 1. The van der Waals surface area contributed by atoms with E-state index in [0.717, 1.165) is 25.1 Å². The molecule has 0 amide bonds. The molecular formula is C16H18BrNO2. The van der Waals surface area contributed by atoms with Crippen LogP contribution >= 0.6 is 15.9 Å². The van der Waals surface area contributed by atoms with Crippen LogP contribution in [0.4, 0.5) is 0 Å². The number of halogens is 1. The normalized spacial score (nSPS) is 30.5.